The van der Waals surface area contributed by atoms with Crippen LogP contribution in [-0.4, -0.2) is 47.7 Å². The molecule has 0 spiro atoms. The number of anilines is 1. The fourth-order valence-corrected chi connectivity index (χ4v) is 3.79. The normalized spacial score (nSPS) is 15.2. The number of nitrogens with zero attached hydrogens (tertiary/aromatic N) is 3. The minimum atomic E-state index is -0.822. The van der Waals surface area contributed by atoms with Crippen molar-refractivity contribution >= 4 is 29.1 Å². The monoisotopic (exact) mass is 395 g/mol. The first-order valence-corrected chi connectivity index (χ1v) is 9.03. The third-order valence-corrected chi connectivity index (χ3v) is 5.17. The Kier molecular flexibility index (Phi) is 4.50. The van der Waals surface area contributed by atoms with Crippen LogP contribution in [0, 0.1) is 10.1 Å². The van der Waals surface area contributed by atoms with Crippen molar-refractivity contribution in [3.8, 4) is 5.75 Å². The second-order valence-electron chi connectivity index (χ2n) is 6.80. The number of benzene rings is 2. The fraction of sp³-hybridized carbons (Fsp3) is 0.250. The molecule has 0 radical (unpaired) electrons. The molecule has 2 aliphatic heterocycles. The smallest absolute Gasteiger partial charge is 0.282 e. The molecule has 2 heterocycles. The summed E-state index contributed by atoms with van der Waals surface area (Å²) in [6, 6.07) is 9.26. The topological polar surface area (TPSA) is 110 Å². The Hall–Kier alpha value is -3.75. The standard InChI is InChI=1S/C20H17N3O6/c1-29-13-7-8-15-12(10-13)4-3-9-21(15)17(24)11-22-19(25)14-5-2-6-16(23(27)28)18(14)20(22)26/h2,5-8,10H,3-4,9,11H2,1H3. The quantitative estimate of drug-likeness (QED) is 0.446. The number of nitro groups is 1. The molecule has 9 nitrogen and oxygen atoms in total. The second kappa shape index (κ2) is 7.01. The first-order valence-electron chi connectivity index (χ1n) is 9.03. The van der Waals surface area contributed by atoms with Crippen molar-refractivity contribution in [3.05, 3.63) is 63.2 Å². The molecule has 9 heteroatoms. The van der Waals surface area contributed by atoms with Gasteiger partial charge >= 0.3 is 0 Å². The molecule has 29 heavy (non-hydrogen) atoms. The summed E-state index contributed by atoms with van der Waals surface area (Å²) in [5.41, 5.74) is 0.901. The molecule has 0 aliphatic carbocycles. The van der Waals surface area contributed by atoms with Crippen molar-refractivity contribution in [2.45, 2.75) is 12.8 Å². The maximum atomic E-state index is 12.9. The number of imide groups is 1. The summed E-state index contributed by atoms with van der Waals surface area (Å²) in [7, 11) is 1.56. The Labute approximate surface area is 165 Å². The molecule has 0 saturated heterocycles. The van der Waals surface area contributed by atoms with Crippen LogP contribution in [0.2, 0.25) is 0 Å². The van der Waals surface area contributed by atoms with Gasteiger partial charge in [-0.1, -0.05) is 6.07 Å². The average Bonchev–Trinajstić information content (AvgIpc) is 2.97. The van der Waals surface area contributed by atoms with Gasteiger partial charge in [0.05, 0.1) is 17.6 Å². The van der Waals surface area contributed by atoms with Crippen LogP contribution in [0.5, 0.6) is 5.75 Å². The number of hydrogen-bond donors (Lipinski definition) is 0. The van der Waals surface area contributed by atoms with Crippen LogP contribution in [-0.2, 0) is 11.2 Å². The van der Waals surface area contributed by atoms with Gasteiger partial charge in [-0.15, -0.1) is 0 Å². The lowest BCUT2D eigenvalue weighted by atomic mass is 10.0. The van der Waals surface area contributed by atoms with Gasteiger partial charge in [0, 0.05) is 18.3 Å². The molecule has 2 aromatic rings. The van der Waals surface area contributed by atoms with E-state index < -0.39 is 34.9 Å². The number of aryl methyl sites for hydroxylation is 1. The molecule has 4 rings (SSSR count). The third-order valence-electron chi connectivity index (χ3n) is 5.17. The summed E-state index contributed by atoms with van der Waals surface area (Å²) < 4.78 is 5.22. The zero-order valence-corrected chi connectivity index (χ0v) is 15.6. The van der Waals surface area contributed by atoms with E-state index >= 15 is 0 Å². The van der Waals surface area contributed by atoms with Crippen LogP contribution in [0.15, 0.2) is 36.4 Å². The Morgan fingerprint density at radius 3 is 2.72 bits per heavy atom. The lowest BCUT2D eigenvalue weighted by molar-refractivity contribution is -0.385. The number of hydrogen-bond acceptors (Lipinski definition) is 6. The molecule has 2 aliphatic rings. The molecule has 0 saturated carbocycles. The van der Waals surface area contributed by atoms with Gasteiger partial charge < -0.3 is 9.64 Å². The Morgan fingerprint density at radius 2 is 2.00 bits per heavy atom. The molecule has 0 bridgehead atoms. The van der Waals surface area contributed by atoms with E-state index in [2.05, 4.69) is 0 Å². The maximum Gasteiger partial charge on any atom is 0.282 e. The van der Waals surface area contributed by atoms with E-state index in [0.717, 1.165) is 23.3 Å². The van der Waals surface area contributed by atoms with E-state index in [-0.39, 0.29) is 11.1 Å². The van der Waals surface area contributed by atoms with Gasteiger partial charge in [0.25, 0.3) is 17.5 Å². The summed E-state index contributed by atoms with van der Waals surface area (Å²) in [6.45, 7) is -0.0174. The van der Waals surface area contributed by atoms with E-state index in [0.29, 0.717) is 18.0 Å². The lowest BCUT2D eigenvalue weighted by Crippen LogP contribution is -2.44. The highest BCUT2D eigenvalue weighted by Crippen LogP contribution is 2.33. The molecule has 3 amide bonds. The molecule has 0 fully saturated rings. The molecule has 0 unspecified atom stereocenters. The highest BCUT2D eigenvalue weighted by Gasteiger charge is 2.42. The lowest BCUT2D eigenvalue weighted by Gasteiger charge is -2.30. The van der Waals surface area contributed by atoms with Crippen LogP contribution in [0.4, 0.5) is 11.4 Å². The number of carbonyl (C=O) groups is 3. The maximum absolute atomic E-state index is 12.9. The Bertz CT molecular complexity index is 1060. The second-order valence-corrected chi connectivity index (χ2v) is 6.80. The van der Waals surface area contributed by atoms with Crippen molar-refractivity contribution in [2.24, 2.45) is 0 Å². The van der Waals surface area contributed by atoms with Crippen LogP contribution < -0.4 is 9.64 Å². The summed E-state index contributed by atoms with van der Waals surface area (Å²) in [5.74, 6) is -1.26. The van der Waals surface area contributed by atoms with Crippen LogP contribution in [0.3, 0.4) is 0 Å². The largest absolute Gasteiger partial charge is 0.497 e. The number of rotatable bonds is 4. The van der Waals surface area contributed by atoms with Crippen LogP contribution in [0.1, 0.15) is 32.7 Å². The number of ether oxygens (including phenoxy) is 1. The van der Waals surface area contributed by atoms with E-state index in [4.69, 9.17) is 4.74 Å². The molecule has 0 aromatic heterocycles. The van der Waals surface area contributed by atoms with E-state index in [9.17, 15) is 24.5 Å². The molecular weight excluding hydrogens is 378 g/mol. The zero-order chi connectivity index (χ0) is 20.7. The van der Waals surface area contributed by atoms with Gasteiger partial charge in [0.15, 0.2) is 0 Å². The summed E-state index contributed by atoms with van der Waals surface area (Å²) in [6.07, 6.45) is 1.52. The van der Waals surface area contributed by atoms with Gasteiger partial charge in [0.1, 0.15) is 17.9 Å². The molecule has 2 aromatic carbocycles. The first-order chi connectivity index (χ1) is 13.9. The summed E-state index contributed by atoms with van der Waals surface area (Å²) in [5, 5.41) is 11.2. The SMILES string of the molecule is COc1ccc2c(c1)CCCN2C(=O)CN1C(=O)c2cccc([N+](=O)[O-])c2C1=O. The highest BCUT2D eigenvalue weighted by molar-refractivity contribution is 6.24. The third kappa shape index (κ3) is 3.00. The highest BCUT2D eigenvalue weighted by atomic mass is 16.6. The zero-order valence-electron chi connectivity index (χ0n) is 15.6. The van der Waals surface area contributed by atoms with Crippen molar-refractivity contribution < 1.29 is 24.0 Å². The number of amides is 3. The molecule has 0 N–H and O–H groups in total. The van der Waals surface area contributed by atoms with Crippen molar-refractivity contribution in [3.63, 3.8) is 0 Å². The van der Waals surface area contributed by atoms with E-state index in [1.54, 1.807) is 19.2 Å². The van der Waals surface area contributed by atoms with Crippen LogP contribution >= 0.6 is 0 Å². The molecular formula is C20H17N3O6. The van der Waals surface area contributed by atoms with Crippen molar-refractivity contribution in [1.82, 2.24) is 4.90 Å². The van der Waals surface area contributed by atoms with Gasteiger partial charge in [-0.3, -0.25) is 29.4 Å². The minimum absolute atomic E-state index is 0.0548. The fourth-order valence-electron chi connectivity index (χ4n) is 3.79. The predicted molar refractivity (Wildman–Crippen MR) is 102 cm³/mol. The number of nitro benzene ring substituents is 1. The van der Waals surface area contributed by atoms with E-state index in [1.807, 2.05) is 6.07 Å². The van der Waals surface area contributed by atoms with Gasteiger partial charge in [-0.2, -0.15) is 0 Å². The van der Waals surface area contributed by atoms with Gasteiger partial charge in [-0.25, -0.2) is 0 Å². The first kappa shape index (κ1) is 18.6. The molecule has 148 valence electrons. The number of carbonyl (C=O) groups excluding carboxylic acids is 3. The van der Waals surface area contributed by atoms with Crippen molar-refractivity contribution in [2.75, 3.05) is 25.1 Å². The summed E-state index contributed by atoms with van der Waals surface area (Å²) >= 11 is 0. The molecule has 0 atom stereocenters. The minimum Gasteiger partial charge on any atom is -0.497 e. The van der Waals surface area contributed by atoms with Crippen molar-refractivity contribution in [1.29, 1.82) is 0 Å². The Balaban J connectivity index is 1.61. The number of fused-ring (bicyclic) bond motifs is 2. The summed E-state index contributed by atoms with van der Waals surface area (Å²) in [4.78, 5) is 51.1. The van der Waals surface area contributed by atoms with E-state index in [1.165, 1.54) is 23.1 Å². The average molecular weight is 395 g/mol. The predicted octanol–water partition coefficient (Wildman–Crippen LogP) is 2.18. The van der Waals surface area contributed by atoms with Crippen LogP contribution in [0.25, 0.3) is 0 Å². The van der Waals surface area contributed by atoms with Gasteiger partial charge in [-0.05, 0) is 42.7 Å². The van der Waals surface area contributed by atoms with Gasteiger partial charge in [0.2, 0.25) is 5.91 Å². The number of methoxy groups -OCH3 is 1. The Morgan fingerprint density at radius 1 is 1.21 bits per heavy atom.